The number of hydrogen-bond acceptors (Lipinski definition) is 2. The quantitative estimate of drug-likeness (QED) is 0.852. The SMILES string of the molecule is NC(CSc1ccccc1F)c1ccc(F)cc1. The van der Waals surface area contributed by atoms with Crippen LogP contribution in [0.25, 0.3) is 0 Å². The fourth-order valence-corrected chi connectivity index (χ4v) is 2.48. The van der Waals surface area contributed by atoms with Crippen LogP contribution in [-0.2, 0) is 0 Å². The van der Waals surface area contributed by atoms with Crippen molar-refractivity contribution < 1.29 is 8.78 Å². The number of benzene rings is 2. The van der Waals surface area contributed by atoms with Gasteiger partial charge in [0, 0.05) is 16.7 Å². The van der Waals surface area contributed by atoms with E-state index in [4.69, 9.17) is 5.73 Å². The van der Waals surface area contributed by atoms with Gasteiger partial charge in [-0.05, 0) is 29.8 Å². The fraction of sp³-hybridized carbons (Fsp3) is 0.143. The monoisotopic (exact) mass is 265 g/mol. The summed E-state index contributed by atoms with van der Waals surface area (Å²) in [6, 6.07) is 12.4. The maximum absolute atomic E-state index is 13.4. The molecule has 1 nitrogen and oxygen atoms in total. The molecule has 0 amide bonds. The Hall–Kier alpha value is -1.39. The summed E-state index contributed by atoms with van der Waals surface area (Å²) in [4.78, 5) is 0.579. The van der Waals surface area contributed by atoms with E-state index in [9.17, 15) is 8.78 Å². The third-order valence-corrected chi connectivity index (χ3v) is 3.72. The molecule has 4 heteroatoms. The van der Waals surface area contributed by atoms with Gasteiger partial charge in [-0.2, -0.15) is 0 Å². The van der Waals surface area contributed by atoms with Crippen molar-refractivity contribution in [1.82, 2.24) is 0 Å². The first kappa shape index (κ1) is 13.1. The Morgan fingerprint density at radius 3 is 2.33 bits per heavy atom. The van der Waals surface area contributed by atoms with Crippen molar-refractivity contribution in [3.05, 3.63) is 65.7 Å². The predicted molar refractivity (Wildman–Crippen MR) is 70.5 cm³/mol. The van der Waals surface area contributed by atoms with Crippen LogP contribution < -0.4 is 5.73 Å². The van der Waals surface area contributed by atoms with E-state index in [-0.39, 0.29) is 17.7 Å². The lowest BCUT2D eigenvalue weighted by Crippen LogP contribution is -2.12. The van der Waals surface area contributed by atoms with Crippen molar-refractivity contribution in [2.75, 3.05) is 5.75 Å². The minimum atomic E-state index is -0.285. The lowest BCUT2D eigenvalue weighted by molar-refractivity contribution is 0.601. The van der Waals surface area contributed by atoms with Gasteiger partial charge in [0.15, 0.2) is 0 Å². The van der Waals surface area contributed by atoms with E-state index in [0.29, 0.717) is 10.6 Å². The number of thioether (sulfide) groups is 1. The van der Waals surface area contributed by atoms with E-state index >= 15 is 0 Å². The summed E-state index contributed by atoms with van der Waals surface area (Å²) >= 11 is 1.36. The van der Waals surface area contributed by atoms with Gasteiger partial charge in [0.25, 0.3) is 0 Å². The average molecular weight is 265 g/mol. The van der Waals surface area contributed by atoms with Gasteiger partial charge in [-0.15, -0.1) is 11.8 Å². The highest BCUT2D eigenvalue weighted by molar-refractivity contribution is 7.99. The molecular weight excluding hydrogens is 252 g/mol. The molecule has 1 unspecified atom stereocenters. The van der Waals surface area contributed by atoms with Crippen LogP contribution in [0.15, 0.2) is 53.4 Å². The summed E-state index contributed by atoms with van der Waals surface area (Å²) in [6.07, 6.45) is 0. The van der Waals surface area contributed by atoms with E-state index in [1.165, 1.54) is 30.0 Å². The highest BCUT2D eigenvalue weighted by Crippen LogP contribution is 2.25. The van der Waals surface area contributed by atoms with Gasteiger partial charge >= 0.3 is 0 Å². The summed E-state index contributed by atoms with van der Waals surface area (Å²) in [7, 11) is 0. The summed E-state index contributed by atoms with van der Waals surface area (Å²) in [5.41, 5.74) is 6.82. The van der Waals surface area contributed by atoms with Crippen LogP contribution in [0.2, 0.25) is 0 Å². The zero-order chi connectivity index (χ0) is 13.0. The molecule has 0 aliphatic carbocycles. The summed E-state index contributed by atoms with van der Waals surface area (Å²) in [5, 5.41) is 0. The Morgan fingerprint density at radius 2 is 1.67 bits per heavy atom. The zero-order valence-corrected chi connectivity index (χ0v) is 10.5. The lowest BCUT2D eigenvalue weighted by atomic mass is 10.1. The smallest absolute Gasteiger partial charge is 0.136 e. The van der Waals surface area contributed by atoms with Gasteiger partial charge in [0.1, 0.15) is 11.6 Å². The molecule has 0 aromatic heterocycles. The topological polar surface area (TPSA) is 26.0 Å². The van der Waals surface area contributed by atoms with E-state index < -0.39 is 0 Å². The van der Waals surface area contributed by atoms with Crippen LogP contribution in [0.4, 0.5) is 8.78 Å². The maximum Gasteiger partial charge on any atom is 0.136 e. The Morgan fingerprint density at radius 1 is 1.00 bits per heavy atom. The van der Waals surface area contributed by atoms with Gasteiger partial charge in [-0.1, -0.05) is 24.3 Å². The second kappa shape index (κ2) is 5.98. The molecule has 0 saturated heterocycles. The Kier molecular flexibility index (Phi) is 4.33. The van der Waals surface area contributed by atoms with E-state index in [1.807, 2.05) is 0 Å². The van der Waals surface area contributed by atoms with Gasteiger partial charge in [-0.3, -0.25) is 0 Å². The van der Waals surface area contributed by atoms with Crippen molar-refractivity contribution in [2.24, 2.45) is 5.73 Å². The molecule has 2 rings (SSSR count). The zero-order valence-electron chi connectivity index (χ0n) is 9.64. The van der Waals surface area contributed by atoms with Crippen molar-refractivity contribution in [3.8, 4) is 0 Å². The lowest BCUT2D eigenvalue weighted by Gasteiger charge is -2.11. The first-order valence-corrected chi connectivity index (χ1v) is 6.54. The first-order valence-electron chi connectivity index (χ1n) is 5.55. The highest BCUT2D eigenvalue weighted by atomic mass is 32.2. The van der Waals surface area contributed by atoms with Crippen molar-refractivity contribution in [1.29, 1.82) is 0 Å². The summed E-state index contributed by atoms with van der Waals surface area (Å²) in [6.45, 7) is 0. The molecule has 0 aliphatic heterocycles. The molecule has 0 bridgehead atoms. The summed E-state index contributed by atoms with van der Waals surface area (Å²) < 4.78 is 26.1. The van der Waals surface area contributed by atoms with Crippen LogP contribution >= 0.6 is 11.8 Å². The number of nitrogens with two attached hydrogens (primary N) is 1. The van der Waals surface area contributed by atoms with Crippen LogP contribution in [0.3, 0.4) is 0 Å². The molecule has 2 N–H and O–H groups in total. The van der Waals surface area contributed by atoms with Crippen LogP contribution in [-0.4, -0.2) is 5.75 Å². The standard InChI is InChI=1S/C14H13F2NS/c15-11-7-5-10(6-8-11)13(17)9-18-14-4-2-1-3-12(14)16/h1-8,13H,9,17H2. The molecule has 0 aliphatic rings. The number of hydrogen-bond donors (Lipinski definition) is 1. The van der Waals surface area contributed by atoms with E-state index in [0.717, 1.165) is 5.56 Å². The van der Waals surface area contributed by atoms with E-state index in [2.05, 4.69) is 0 Å². The van der Waals surface area contributed by atoms with Crippen molar-refractivity contribution >= 4 is 11.8 Å². The molecule has 0 radical (unpaired) electrons. The minimum Gasteiger partial charge on any atom is -0.323 e. The Bertz CT molecular complexity index is 513. The third kappa shape index (κ3) is 3.31. The maximum atomic E-state index is 13.4. The average Bonchev–Trinajstić information content (AvgIpc) is 2.38. The van der Waals surface area contributed by atoms with Crippen LogP contribution in [0, 0.1) is 11.6 Å². The largest absolute Gasteiger partial charge is 0.323 e. The molecule has 0 saturated carbocycles. The first-order chi connectivity index (χ1) is 8.66. The second-order valence-corrected chi connectivity index (χ2v) is 4.96. The predicted octanol–water partition coefficient (Wildman–Crippen LogP) is 3.76. The van der Waals surface area contributed by atoms with Gasteiger partial charge < -0.3 is 5.73 Å². The number of halogens is 2. The molecule has 0 heterocycles. The Labute approximate surface area is 109 Å². The van der Waals surface area contributed by atoms with E-state index in [1.54, 1.807) is 30.3 Å². The second-order valence-electron chi connectivity index (χ2n) is 3.90. The fourth-order valence-electron chi connectivity index (χ4n) is 1.55. The molecule has 0 spiro atoms. The van der Waals surface area contributed by atoms with Gasteiger partial charge in [0.05, 0.1) is 0 Å². The molecule has 2 aromatic rings. The minimum absolute atomic E-state index is 0.241. The third-order valence-electron chi connectivity index (χ3n) is 2.55. The molecule has 1 atom stereocenters. The van der Waals surface area contributed by atoms with Crippen LogP contribution in [0.1, 0.15) is 11.6 Å². The van der Waals surface area contributed by atoms with Crippen molar-refractivity contribution in [3.63, 3.8) is 0 Å². The summed E-state index contributed by atoms with van der Waals surface area (Å²) in [5.74, 6) is 0.0218. The molecular formula is C14H13F2NS. The van der Waals surface area contributed by atoms with Crippen molar-refractivity contribution in [2.45, 2.75) is 10.9 Å². The van der Waals surface area contributed by atoms with Gasteiger partial charge in [0.2, 0.25) is 0 Å². The number of rotatable bonds is 4. The molecule has 2 aromatic carbocycles. The molecule has 0 fully saturated rings. The van der Waals surface area contributed by atoms with Crippen LogP contribution in [0.5, 0.6) is 0 Å². The Balaban J connectivity index is 1.98. The highest BCUT2D eigenvalue weighted by Gasteiger charge is 2.08. The molecule has 94 valence electrons. The molecule has 18 heavy (non-hydrogen) atoms. The normalized spacial score (nSPS) is 12.4. The van der Waals surface area contributed by atoms with Gasteiger partial charge in [-0.25, -0.2) is 8.78 Å².